The molecule has 2 aromatic rings. The highest BCUT2D eigenvalue weighted by atomic mass is 35.5. The number of halogens is 1. The van der Waals surface area contributed by atoms with Crippen LogP contribution in [-0.4, -0.2) is 32.1 Å². The standard InChI is InChI=1S/C18H16ClNO4/c1-22-14-9-4-3-8-13(14)17-20-15(18(21)23-2)16(24-17)11-6-5-7-12(19)10-11/h3-10,15-16H,1-2H3/t15-,16-/m0/s1. The lowest BCUT2D eigenvalue weighted by atomic mass is 10.0. The zero-order valence-corrected chi connectivity index (χ0v) is 14.0. The number of benzene rings is 2. The zero-order chi connectivity index (χ0) is 17.1. The van der Waals surface area contributed by atoms with Crippen LogP contribution < -0.4 is 4.74 Å². The minimum atomic E-state index is -0.798. The first-order chi connectivity index (χ1) is 11.6. The maximum atomic E-state index is 12.1. The number of carbonyl (C=O) groups excluding carboxylic acids is 1. The second-order valence-corrected chi connectivity index (χ2v) is 5.63. The average Bonchev–Trinajstić information content (AvgIpc) is 3.06. The van der Waals surface area contributed by atoms with Gasteiger partial charge in [0.2, 0.25) is 5.90 Å². The third-order valence-electron chi connectivity index (χ3n) is 3.74. The van der Waals surface area contributed by atoms with Crippen molar-refractivity contribution < 1.29 is 19.0 Å². The summed E-state index contributed by atoms with van der Waals surface area (Å²) in [7, 11) is 2.90. The molecule has 0 saturated carbocycles. The summed E-state index contributed by atoms with van der Waals surface area (Å²) in [4.78, 5) is 16.6. The molecule has 1 aliphatic heterocycles. The highest BCUT2D eigenvalue weighted by Crippen LogP contribution is 2.34. The van der Waals surface area contributed by atoms with Gasteiger partial charge in [-0.3, -0.25) is 0 Å². The average molecular weight is 346 g/mol. The molecular weight excluding hydrogens is 330 g/mol. The van der Waals surface area contributed by atoms with Crippen molar-refractivity contribution in [1.29, 1.82) is 0 Å². The molecule has 0 amide bonds. The van der Waals surface area contributed by atoms with Crippen LogP contribution in [-0.2, 0) is 14.3 Å². The normalized spacial score (nSPS) is 19.4. The molecule has 24 heavy (non-hydrogen) atoms. The number of hydrogen-bond acceptors (Lipinski definition) is 5. The van der Waals surface area contributed by atoms with Crippen LogP contribution in [0.1, 0.15) is 17.2 Å². The van der Waals surface area contributed by atoms with Crippen molar-refractivity contribution in [3.05, 3.63) is 64.7 Å². The molecule has 124 valence electrons. The van der Waals surface area contributed by atoms with Gasteiger partial charge in [0, 0.05) is 5.02 Å². The van der Waals surface area contributed by atoms with Gasteiger partial charge >= 0.3 is 5.97 Å². The molecule has 0 aliphatic carbocycles. The molecule has 0 saturated heterocycles. The molecule has 0 bridgehead atoms. The summed E-state index contributed by atoms with van der Waals surface area (Å²) < 4.78 is 16.2. The molecule has 2 aromatic carbocycles. The Kier molecular flexibility index (Phi) is 4.71. The Labute approximate surface area is 144 Å². The summed E-state index contributed by atoms with van der Waals surface area (Å²) in [5.74, 6) is 0.490. The second kappa shape index (κ2) is 6.93. The molecular formula is C18H16ClNO4. The predicted molar refractivity (Wildman–Crippen MR) is 90.6 cm³/mol. The maximum absolute atomic E-state index is 12.1. The van der Waals surface area contributed by atoms with Gasteiger partial charge in [-0.05, 0) is 29.8 Å². The van der Waals surface area contributed by atoms with Gasteiger partial charge in [-0.25, -0.2) is 9.79 Å². The third kappa shape index (κ3) is 3.08. The van der Waals surface area contributed by atoms with Gasteiger partial charge in [0.05, 0.1) is 19.8 Å². The lowest BCUT2D eigenvalue weighted by molar-refractivity contribution is -0.143. The first-order valence-electron chi connectivity index (χ1n) is 7.35. The first-order valence-corrected chi connectivity index (χ1v) is 7.73. The fourth-order valence-electron chi connectivity index (χ4n) is 2.59. The summed E-state index contributed by atoms with van der Waals surface area (Å²) in [6.07, 6.45) is -0.601. The smallest absolute Gasteiger partial charge is 0.335 e. The number of aliphatic imine (C=N–C) groups is 1. The van der Waals surface area contributed by atoms with Gasteiger partial charge in [0.15, 0.2) is 12.1 Å². The summed E-state index contributed by atoms with van der Waals surface area (Å²) in [6, 6.07) is 13.7. The van der Waals surface area contributed by atoms with Gasteiger partial charge in [0.1, 0.15) is 5.75 Å². The van der Waals surface area contributed by atoms with E-state index in [1.54, 1.807) is 31.4 Å². The number of ether oxygens (including phenoxy) is 3. The minimum Gasteiger partial charge on any atom is -0.496 e. The Balaban J connectivity index is 2.00. The number of hydrogen-bond donors (Lipinski definition) is 0. The van der Waals surface area contributed by atoms with Crippen LogP contribution in [0.2, 0.25) is 5.02 Å². The van der Waals surface area contributed by atoms with Crippen molar-refractivity contribution in [1.82, 2.24) is 0 Å². The van der Waals surface area contributed by atoms with Crippen molar-refractivity contribution in [2.24, 2.45) is 4.99 Å². The Hall–Kier alpha value is -2.53. The lowest BCUT2D eigenvalue weighted by Crippen LogP contribution is -2.25. The quantitative estimate of drug-likeness (QED) is 0.797. The zero-order valence-electron chi connectivity index (χ0n) is 13.2. The molecule has 0 radical (unpaired) electrons. The van der Waals surface area contributed by atoms with E-state index >= 15 is 0 Å². The van der Waals surface area contributed by atoms with Crippen LogP contribution in [0.5, 0.6) is 5.75 Å². The van der Waals surface area contributed by atoms with Crippen molar-refractivity contribution in [3.8, 4) is 5.75 Å². The maximum Gasteiger partial charge on any atom is 0.335 e. The number of nitrogens with zero attached hydrogens (tertiary/aromatic N) is 1. The molecule has 2 atom stereocenters. The topological polar surface area (TPSA) is 57.1 Å². The summed E-state index contributed by atoms with van der Waals surface area (Å²) in [5, 5.41) is 0.561. The first kappa shape index (κ1) is 16.3. The molecule has 0 spiro atoms. The summed E-state index contributed by atoms with van der Waals surface area (Å²) >= 11 is 6.06. The predicted octanol–water partition coefficient (Wildman–Crippen LogP) is 3.41. The van der Waals surface area contributed by atoms with E-state index in [1.165, 1.54) is 7.11 Å². The van der Waals surface area contributed by atoms with Crippen LogP contribution in [0.25, 0.3) is 0 Å². The molecule has 1 aliphatic rings. The van der Waals surface area contributed by atoms with Crippen molar-refractivity contribution >= 4 is 23.5 Å². The summed E-state index contributed by atoms with van der Waals surface area (Å²) in [6.45, 7) is 0. The third-order valence-corrected chi connectivity index (χ3v) is 3.97. The Morgan fingerprint density at radius 1 is 1.17 bits per heavy atom. The lowest BCUT2D eigenvalue weighted by Gasteiger charge is -2.17. The number of para-hydroxylation sites is 1. The van der Waals surface area contributed by atoms with E-state index in [4.69, 9.17) is 25.8 Å². The second-order valence-electron chi connectivity index (χ2n) is 5.20. The van der Waals surface area contributed by atoms with Gasteiger partial charge in [0.25, 0.3) is 0 Å². The van der Waals surface area contributed by atoms with E-state index in [1.807, 2.05) is 24.3 Å². The molecule has 0 unspecified atom stereocenters. The van der Waals surface area contributed by atoms with E-state index in [9.17, 15) is 4.79 Å². The number of methoxy groups -OCH3 is 2. The van der Waals surface area contributed by atoms with Crippen molar-refractivity contribution in [2.45, 2.75) is 12.1 Å². The van der Waals surface area contributed by atoms with Crippen LogP contribution in [0.3, 0.4) is 0 Å². The van der Waals surface area contributed by atoms with Crippen LogP contribution in [0.15, 0.2) is 53.5 Å². The fraction of sp³-hybridized carbons (Fsp3) is 0.222. The van der Waals surface area contributed by atoms with Crippen molar-refractivity contribution in [2.75, 3.05) is 14.2 Å². The Bertz CT molecular complexity index is 790. The van der Waals surface area contributed by atoms with E-state index in [-0.39, 0.29) is 0 Å². The number of esters is 1. The molecule has 3 rings (SSSR count). The Morgan fingerprint density at radius 3 is 2.67 bits per heavy atom. The molecule has 0 fully saturated rings. The van der Waals surface area contributed by atoms with E-state index in [2.05, 4.69) is 4.99 Å². The van der Waals surface area contributed by atoms with E-state index in [0.29, 0.717) is 22.2 Å². The number of rotatable bonds is 4. The highest BCUT2D eigenvalue weighted by Gasteiger charge is 2.39. The van der Waals surface area contributed by atoms with E-state index in [0.717, 1.165) is 5.56 Å². The van der Waals surface area contributed by atoms with E-state index < -0.39 is 18.1 Å². The molecule has 1 heterocycles. The van der Waals surface area contributed by atoms with Crippen LogP contribution in [0.4, 0.5) is 0 Å². The van der Waals surface area contributed by atoms with Gasteiger partial charge in [-0.15, -0.1) is 0 Å². The molecule has 0 aromatic heterocycles. The minimum absolute atomic E-state index is 0.341. The number of carbonyl (C=O) groups is 1. The highest BCUT2D eigenvalue weighted by molar-refractivity contribution is 6.30. The SMILES string of the molecule is COC(=O)[C@H]1N=C(c2ccccc2OC)O[C@H]1c1cccc(Cl)c1. The van der Waals surface area contributed by atoms with Gasteiger partial charge in [-0.1, -0.05) is 35.9 Å². The van der Waals surface area contributed by atoms with Crippen molar-refractivity contribution in [3.63, 3.8) is 0 Å². The monoisotopic (exact) mass is 345 g/mol. The van der Waals surface area contributed by atoms with Gasteiger partial charge in [-0.2, -0.15) is 0 Å². The van der Waals surface area contributed by atoms with Crippen LogP contribution >= 0.6 is 11.6 Å². The molecule has 0 N–H and O–H groups in total. The van der Waals surface area contributed by atoms with Gasteiger partial charge < -0.3 is 14.2 Å². The summed E-state index contributed by atoms with van der Waals surface area (Å²) in [5.41, 5.74) is 1.44. The largest absolute Gasteiger partial charge is 0.496 e. The Morgan fingerprint density at radius 2 is 1.96 bits per heavy atom. The van der Waals surface area contributed by atoms with Crippen LogP contribution in [0, 0.1) is 0 Å². The molecule has 5 nitrogen and oxygen atoms in total. The fourth-order valence-corrected chi connectivity index (χ4v) is 2.79. The molecule has 6 heteroatoms.